The topological polar surface area (TPSA) is 21.3 Å². The maximum atomic E-state index is 5.38. The standard InChI is InChI=1S/C16H25NO/c1-3-9-16(10-4-5-11-17-13-16)14-7-6-8-15(12-14)18-2/h6-8,12,17H,3-5,9-11,13H2,1-2H3. The molecule has 100 valence electrons. The monoisotopic (exact) mass is 247 g/mol. The van der Waals surface area contributed by atoms with Gasteiger partial charge in [-0.2, -0.15) is 0 Å². The van der Waals surface area contributed by atoms with Crippen LogP contribution < -0.4 is 10.1 Å². The van der Waals surface area contributed by atoms with E-state index >= 15 is 0 Å². The molecule has 0 aliphatic carbocycles. The van der Waals surface area contributed by atoms with Crippen molar-refractivity contribution in [2.45, 2.75) is 44.4 Å². The second-order valence-electron chi connectivity index (χ2n) is 5.40. The second-order valence-corrected chi connectivity index (χ2v) is 5.40. The molecule has 2 heteroatoms. The molecule has 2 nitrogen and oxygen atoms in total. The summed E-state index contributed by atoms with van der Waals surface area (Å²) < 4.78 is 5.38. The fourth-order valence-corrected chi connectivity index (χ4v) is 3.17. The first-order chi connectivity index (χ1) is 8.80. The van der Waals surface area contributed by atoms with Crippen molar-refractivity contribution in [3.63, 3.8) is 0 Å². The summed E-state index contributed by atoms with van der Waals surface area (Å²) >= 11 is 0. The van der Waals surface area contributed by atoms with E-state index in [-0.39, 0.29) is 0 Å². The third-order valence-corrected chi connectivity index (χ3v) is 4.13. The van der Waals surface area contributed by atoms with Gasteiger partial charge in [0.25, 0.3) is 0 Å². The number of benzene rings is 1. The van der Waals surface area contributed by atoms with Gasteiger partial charge in [-0.25, -0.2) is 0 Å². The lowest BCUT2D eigenvalue weighted by Crippen LogP contribution is -2.36. The van der Waals surface area contributed by atoms with Crippen LogP contribution in [0.25, 0.3) is 0 Å². The van der Waals surface area contributed by atoms with E-state index < -0.39 is 0 Å². The zero-order valence-electron chi connectivity index (χ0n) is 11.7. The molecule has 0 bridgehead atoms. The number of rotatable bonds is 4. The Kier molecular flexibility index (Phi) is 4.65. The summed E-state index contributed by atoms with van der Waals surface area (Å²) in [6.45, 7) is 4.55. The SMILES string of the molecule is CCCC1(c2cccc(OC)c2)CCCCNC1. The molecule has 0 saturated carbocycles. The van der Waals surface area contributed by atoms with Gasteiger partial charge in [-0.05, 0) is 43.5 Å². The van der Waals surface area contributed by atoms with Gasteiger partial charge in [-0.1, -0.05) is 31.9 Å². The number of methoxy groups -OCH3 is 1. The van der Waals surface area contributed by atoms with Crippen LogP contribution in [0.1, 0.15) is 44.6 Å². The van der Waals surface area contributed by atoms with Crippen LogP contribution in [0.2, 0.25) is 0 Å². The Hall–Kier alpha value is -1.02. The third kappa shape index (κ3) is 2.86. The van der Waals surface area contributed by atoms with Crippen LogP contribution in [0.15, 0.2) is 24.3 Å². The lowest BCUT2D eigenvalue weighted by molar-refractivity contribution is 0.354. The first kappa shape index (κ1) is 13.4. The molecular formula is C16H25NO. The van der Waals surface area contributed by atoms with Crippen molar-refractivity contribution in [1.29, 1.82) is 0 Å². The molecule has 0 spiro atoms. The zero-order valence-corrected chi connectivity index (χ0v) is 11.7. The van der Waals surface area contributed by atoms with Crippen LogP contribution in [-0.4, -0.2) is 20.2 Å². The molecule has 1 unspecified atom stereocenters. The summed E-state index contributed by atoms with van der Waals surface area (Å²) in [5.74, 6) is 0.979. The average molecular weight is 247 g/mol. The van der Waals surface area contributed by atoms with E-state index in [1.807, 2.05) is 6.07 Å². The minimum Gasteiger partial charge on any atom is -0.497 e. The number of hydrogen-bond acceptors (Lipinski definition) is 2. The van der Waals surface area contributed by atoms with Crippen molar-refractivity contribution < 1.29 is 4.74 Å². The largest absolute Gasteiger partial charge is 0.497 e. The van der Waals surface area contributed by atoms with Gasteiger partial charge in [-0.15, -0.1) is 0 Å². The summed E-state index contributed by atoms with van der Waals surface area (Å²) in [6, 6.07) is 8.65. The van der Waals surface area contributed by atoms with E-state index in [2.05, 4.69) is 30.4 Å². The quantitative estimate of drug-likeness (QED) is 0.879. The fourth-order valence-electron chi connectivity index (χ4n) is 3.17. The Morgan fingerprint density at radius 2 is 2.22 bits per heavy atom. The first-order valence-corrected chi connectivity index (χ1v) is 7.16. The Labute approximate surface area is 111 Å². The van der Waals surface area contributed by atoms with Gasteiger partial charge < -0.3 is 10.1 Å². The minimum atomic E-state index is 0.305. The van der Waals surface area contributed by atoms with Gasteiger partial charge in [0.05, 0.1) is 7.11 Å². The molecule has 1 aromatic carbocycles. The molecule has 1 fully saturated rings. The van der Waals surface area contributed by atoms with E-state index in [1.165, 1.54) is 37.7 Å². The summed E-state index contributed by atoms with van der Waals surface area (Å²) in [6.07, 6.45) is 6.41. The predicted octanol–water partition coefficient (Wildman–Crippen LogP) is 3.51. The Morgan fingerprint density at radius 3 is 3.00 bits per heavy atom. The van der Waals surface area contributed by atoms with E-state index in [0.717, 1.165) is 18.8 Å². The van der Waals surface area contributed by atoms with E-state index in [0.29, 0.717) is 5.41 Å². The summed E-state index contributed by atoms with van der Waals surface area (Å²) in [4.78, 5) is 0. The van der Waals surface area contributed by atoms with Crippen LogP contribution in [-0.2, 0) is 5.41 Å². The molecule has 2 rings (SSSR count). The van der Waals surface area contributed by atoms with Crippen LogP contribution >= 0.6 is 0 Å². The van der Waals surface area contributed by atoms with Crippen LogP contribution in [0.4, 0.5) is 0 Å². The van der Waals surface area contributed by atoms with Crippen molar-refractivity contribution in [2.24, 2.45) is 0 Å². The average Bonchev–Trinajstić information content (AvgIpc) is 2.66. The van der Waals surface area contributed by atoms with Crippen molar-refractivity contribution in [2.75, 3.05) is 20.2 Å². The molecule has 1 saturated heterocycles. The van der Waals surface area contributed by atoms with Gasteiger partial charge in [-0.3, -0.25) is 0 Å². The lowest BCUT2D eigenvalue weighted by atomic mass is 9.73. The van der Waals surface area contributed by atoms with Gasteiger partial charge in [0, 0.05) is 12.0 Å². The zero-order chi connectivity index (χ0) is 12.8. The minimum absolute atomic E-state index is 0.305. The van der Waals surface area contributed by atoms with E-state index in [1.54, 1.807) is 7.11 Å². The fraction of sp³-hybridized carbons (Fsp3) is 0.625. The van der Waals surface area contributed by atoms with Crippen LogP contribution in [0.5, 0.6) is 5.75 Å². The van der Waals surface area contributed by atoms with Crippen molar-refractivity contribution in [1.82, 2.24) is 5.32 Å². The van der Waals surface area contributed by atoms with Gasteiger partial charge in [0.1, 0.15) is 5.75 Å². The van der Waals surface area contributed by atoms with Gasteiger partial charge in [0.15, 0.2) is 0 Å². The Balaban J connectivity index is 2.31. The van der Waals surface area contributed by atoms with Crippen LogP contribution in [0, 0.1) is 0 Å². The van der Waals surface area contributed by atoms with E-state index in [9.17, 15) is 0 Å². The lowest BCUT2D eigenvalue weighted by Gasteiger charge is -2.33. The number of nitrogens with one attached hydrogen (secondary N) is 1. The molecule has 1 heterocycles. The number of hydrogen-bond donors (Lipinski definition) is 1. The summed E-state index contributed by atoms with van der Waals surface area (Å²) in [5, 5.41) is 3.62. The maximum Gasteiger partial charge on any atom is 0.119 e. The molecule has 1 N–H and O–H groups in total. The molecule has 0 radical (unpaired) electrons. The van der Waals surface area contributed by atoms with Crippen molar-refractivity contribution in [3.8, 4) is 5.75 Å². The van der Waals surface area contributed by atoms with Gasteiger partial charge >= 0.3 is 0 Å². The highest BCUT2D eigenvalue weighted by molar-refractivity contribution is 5.34. The first-order valence-electron chi connectivity index (χ1n) is 7.16. The number of ether oxygens (including phenoxy) is 1. The summed E-state index contributed by atoms with van der Waals surface area (Å²) in [7, 11) is 1.75. The predicted molar refractivity (Wildman–Crippen MR) is 76.3 cm³/mol. The smallest absolute Gasteiger partial charge is 0.119 e. The highest BCUT2D eigenvalue weighted by atomic mass is 16.5. The maximum absolute atomic E-state index is 5.38. The highest BCUT2D eigenvalue weighted by Gasteiger charge is 2.32. The van der Waals surface area contributed by atoms with Gasteiger partial charge in [0.2, 0.25) is 0 Å². The molecule has 1 atom stereocenters. The second kappa shape index (κ2) is 6.24. The molecular weight excluding hydrogens is 222 g/mol. The summed E-state index contributed by atoms with van der Waals surface area (Å²) in [5.41, 5.74) is 1.75. The molecule has 0 aromatic heterocycles. The van der Waals surface area contributed by atoms with Crippen LogP contribution in [0.3, 0.4) is 0 Å². The molecule has 0 amide bonds. The molecule has 1 aromatic rings. The third-order valence-electron chi connectivity index (χ3n) is 4.13. The highest BCUT2D eigenvalue weighted by Crippen LogP contribution is 2.36. The molecule has 1 aliphatic heterocycles. The van der Waals surface area contributed by atoms with Crippen molar-refractivity contribution >= 4 is 0 Å². The van der Waals surface area contributed by atoms with E-state index in [4.69, 9.17) is 4.74 Å². The molecule has 1 aliphatic rings. The van der Waals surface area contributed by atoms with Crippen molar-refractivity contribution in [3.05, 3.63) is 29.8 Å². The normalized spacial score (nSPS) is 24.6. The molecule has 18 heavy (non-hydrogen) atoms. The Morgan fingerprint density at radius 1 is 1.33 bits per heavy atom. The Bertz CT molecular complexity index is 367.